The van der Waals surface area contributed by atoms with Crippen LogP contribution >= 0.6 is 0 Å². The van der Waals surface area contributed by atoms with Gasteiger partial charge in [0.2, 0.25) is 0 Å². The molecule has 11 heteroatoms. The maximum atomic E-state index is 6.34. The summed E-state index contributed by atoms with van der Waals surface area (Å²) in [6.07, 6.45) is 18.7. The van der Waals surface area contributed by atoms with Crippen molar-refractivity contribution in [1.29, 1.82) is 0 Å². The molecule has 80 heavy (non-hydrogen) atoms. The molecule has 2 aliphatic heterocycles. The number of quaternary nitrogens is 3. The molecule has 0 saturated heterocycles. The topological polar surface area (TPSA) is 94.3 Å². The lowest BCUT2D eigenvalue weighted by Crippen LogP contribution is -2.38. The van der Waals surface area contributed by atoms with Crippen LogP contribution in [-0.2, 0) is 0 Å². The Hall–Kier alpha value is -7.44. The van der Waals surface area contributed by atoms with Crippen LogP contribution in [-0.4, -0.2) is 143 Å². The molecule has 9 rings (SSSR count). The summed E-state index contributed by atoms with van der Waals surface area (Å²) >= 11 is 0. The van der Waals surface area contributed by atoms with E-state index in [1.807, 2.05) is 0 Å². The van der Waals surface area contributed by atoms with Crippen LogP contribution in [0.2, 0.25) is 0 Å². The van der Waals surface area contributed by atoms with E-state index in [0.29, 0.717) is 26.4 Å². The second kappa shape index (κ2) is 25.8. The van der Waals surface area contributed by atoms with Crippen molar-refractivity contribution in [2.24, 2.45) is 0 Å². The number of unbranched alkanes of at least 4 members (excludes halogenated alkanes) is 7. The van der Waals surface area contributed by atoms with E-state index in [2.05, 4.69) is 226 Å². The zero-order valence-electron chi connectivity index (χ0n) is 49.3. The van der Waals surface area contributed by atoms with Gasteiger partial charge in [0.25, 0.3) is 0 Å². The third-order valence-corrected chi connectivity index (χ3v) is 14.7. The maximum absolute atomic E-state index is 6.34. The molecule has 0 saturated carbocycles. The lowest BCUT2D eigenvalue weighted by Gasteiger charge is -2.23. The van der Waals surface area contributed by atoms with Crippen LogP contribution < -0.4 is 18.9 Å². The molecule has 0 amide bonds. The minimum absolute atomic E-state index is 0.620. The van der Waals surface area contributed by atoms with Gasteiger partial charge in [-0.05, 0) is 126 Å². The van der Waals surface area contributed by atoms with Crippen LogP contribution in [0.4, 0.5) is 0 Å². The molecule has 11 nitrogen and oxygen atoms in total. The smallest absolute Gasteiger partial charge is 0.137 e. The maximum Gasteiger partial charge on any atom is 0.137 e. The molecule has 0 unspecified atom stereocenters. The Balaban J connectivity index is 1.21. The highest BCUT2D eigenvalue weighted by atomic mass is 16.5. The van der Waals surface area contributed by atoms with E-state index >= 15 is 0 Å². The molecule has 0 spiro atoms. The van der Waals surface area contributed by atoms with Crippen LogP contribution in [0.3, 0.4) is 0 Å². The van der Waals surface area contributed by atoms with Gasteiger partial charge in [-0.15, -0.1) is 0 Å². The molecule has 418 valence electrons. The van der Waals surface area contributed by atoms with Gasteiger partial charge in [0.15, 0.2) is 0 Å². The second-order valence-electron chi connectivity index (χ2n) is 24.5. The van der Waals surface area contributed by atoms with Gasteiger partial charge in [-0.3, -0.25) is 0 Å². The molecular weight excluding hydrogens is 991 g/mol. The van der Waals surface area contributed by atoms with E-state index in [4.69, 9.17) is 28.9 Å². The molecule has 0 radical (unpaired) electrons. The quantitative estimate of drug-likeness (QED) is 0.0414. The highest BCUT2D eigenvalue weighted by Crippen LogP contribution is 2.40. The van der Waals surface area contributed by atoms with Crippen LogP contribution in [0.1, 0.15) is 81.1 Å². The summed E-state index contributed by atoms with van der Waals surface area (Å²) in [5.41, 5.74) is 15.0. The second-order valence-corrected chi connectivity index (χ2v) is 24.5. The summed E-state index contributed by atoms with van der Waals surface area (Å²) < 4.78 is 27.6. The Morgan fingerprint density at radius 2 is 0.562 bits per heavy atom. The average molecular weight is 1080 g/mol. The molecule has 2 N–H and O–H groups in total. The van der Waals surface area contributed by atoms with Crippen molar-refractivity contribution in [3.63, 3.8) is 0 Å². The normalized spacial score (nSPS) is 12.5. The number of nitrogens with zero attached hydrogens (tertiary/aromatic N) is 5. The van der Waals surface area contributed by atoms with Crippen molar-refractivity contribution in [3.05, 3.63) is 144 Å². The van der Waals surface area contributed by atoms with Gasteiger partial charge in [0.1, 0.15) is 62.5 Å². The first-order chi connectivity index (χ1) is 38.5. The van der Waals surface area contributed by atoms with E-state index in [0.717, 1.165) is 152 Å². The number of H-pyrrole nitrogens is 2. The number of likely N-dealkylation sites (N-methyl/N-ethyl adjacent to an activating group) is 3. The van der Waals surface area contributed by atoms with Crippen LogP contribution in [0.25, 0.3) is 90.9 Å². The fourth-order valence-corrected chi connectivity index (χ4v) is 10.0. The molecule has 0 fully saturated rings. The highest BCUT2D eigenvalue weighted by molar-refractivity contribution is 6.00. The molecule has 3 aromatic heterocycles. The predicted molar refractivity (Wildman–Crippen MR) is 334 cm³/mol. The van der Waals surface area contributed by atoms with E-state index < -0.39 is 0 Å². The number of hydrogen-bond donors (Lipinski definition) is 2. The third-order valence-electron chi connectivity index (χ3n) is 14.7. The summed E-state index contributed by atoms with van der Waals surface area (Å²) in [4.78, 5) is 19.0. The van der Waals surface area contributed by atoms with Gasteiger partial charge in [-0.25, -0.2) is 9.97 Å². The first-order valence-corrected chi connectivity index (χ1v) is 29.0. The zero-order valence-corrected chi connectivity index (χ0v) is 49.3. The van der Waals surface area contributed by atoms with Crippen LogP contribution in [0, 0.1) is 0 Å². The Morgan fingerprint density at radius 1 is 0.312 bits per heavy atom. The van der Waals surface area contributed by atoms with Gasteiger partial charge in [-0.1, -0.05) is 100 Å². The van der Waals surface area contributed by atoms with Crippen molar-refractivity contribution in [3.8, 4) is 67.5 Å². The fourth-order valence-electron chi connectivity index (χ4n) is 10.0. The molecule has 0 aliphatic carbocycles. The Bertz CT molecular complexity index is 3340. The summed E-state index contributed by atoms with van der Waals surface area (Å²) in [6, 6.07) is 42.5. The number of rotatable bonds is 26. The van der Waals surface area contributed by atoms with Gasteiger partial charge in [-0.2, -0.15) is 0 Å². The Labute approximate surface area is 476 Å². The number of benzene rings is 4. The van der Waals surface area contributed by atoms with E-state index in [-0.39, 0.29) is 0 Å². The van der Waals surface area contributed by atoms with Crippen molar-refractivity contribution in [2.45, 2.75) is 58.3 Å². The lowest BCUT2D eigenvalue weighted by atomic mass is 10.0. The van der Waals surface area contributed by atoms with Crippen molar-refractivity contribution in [1.82, 2.24) is 19.9 Å². The van der Waals surface area contributed by atoms with Crippen molar-refractivity contribution < 1.29 is 32.4 Å². The predicted octanol–water partition coefficient (Wildman–Crippen LogP) is 15.1. The fraction of sp³-hybridized carbons (Fsp3) is 0.362. The van der Waals surface area contributed by atoms with E-state index in [9.17, 15) is 0 Å². The number of aromatic nitrogens is 4. The molecule has 0 atom stereocenters. The van der Waals surface area contributed by atoms with Crippen molar-refractivity contribution in [2.75, 3.05) is 109 Å². The van der Waals surface area contributed by atoms with Gasteiger partial charge >= 0.3 is 0 Å². The summed E-state index contributed by atoms with van der Waals surface area (Å²) in [7, 11) is 19.6. The van der Waals surface area contributed by atoms with Gasteiger partial charge in [0.05, 0.1) is 92.8 Å². The zero-order chi connectivity index (χ0) is 56.3. The minimum atomic E-state index is 0.620. The largest absolute Gasteiger partial charge is 0.494 e. The molecule has 8 bridgehead atoms. The monoisotopic (exact) mass is 1080 g/mol. The molecule has 4 aromatic carbocycles. The number of nitrogens with one attached hydrogen (secondary N) is 2. The summed E-state index contributed by atoms with van der Waals surface area (Å²) in [5, 5.41) is 0. The molecule has 5 heterocycles. The number of fused-ring (bicyclic) bond motifs is 8. The highest BCUT2D eigenvalue weighted by Gasteiger charge is 2.20. The third kappa shape index (κ3) is 15.5. The summed E-state index contributed by atoms with van der Waals surface area (Å²) in [5.74, 6) is 3.36. The molecular formula is C69H86N7O4+3. The van der Waals surface area contributed by atoms with Gasteiger partial charge in [0, 0.05) is 44.3 Å². The van der Waals surface area contributed by atoms with Crippen molar-refractivity contribution >= 4 is 46.4 Å². The first kappa shape index (κ1) is 57.3. The standard InChI is InChI=1S/C69H86N7O4/c1-11-12-13-14-15-16-17-18-46-77-54-27-19-50(20-28-54)66-58-35-37-60(70-58)67(51-21-29-55(30-22-51)78-47-43-74(2,3)4)62-39-41-64(72-62)69(53-25-33-57(34-26-53)80-49-45-76(8,9)10)65-42-40-63(73-65)68(61-38-36-59(66)71-61)52-23-31-56(32-24-52)79-48-44-75(5,6)7/h19-42,70,73H,11-18,43-49H2,1-10H3/q+3. The number of ether oxygens (including phenoxy) is 4. The lowest BCUT2D eigenvalue weighted by molar-refractivity contribution is -0.870. The first-order valence-electron chi connectivity index (χ1n) is 29.0. The SMILES string of the molecule is CCCCCCCCCCOc1ccc(-c2c3nc(c(-c4ccc(OCC[N+](C)(C)C)cc4)c4ccc([nH]4)c(-c4ccc(OCC[N+](C)(C)C)cc4)c4nc(c(-c5ccc(OCC[N+](C)(C)C)cc5)c5ccc2[nH]5)C=C4)C=C3)cc1. The van der Waals surface area contributed by atoms with Crippen LogP contribution in [0.5, 0.6) is 23.0 Å². The van der Waals surface area contributed by atoms with Crippen LogP contribution in [0.15, 0.2) is 121 Å². The number of hydrogen-bond acceptors (Lipinski definition) is 6. The molecule has 2 aliphatic rings. The Kier molecular flexibility index (Phi) is 18.4. The average Bonchev–Trinajstić information content (AvgIpc) is 4.31. The van der Waals surface area contributed by atoms with E-state index in [1.54, 1.807) is 0 Å². The minimum Gasteiger partial charge on any atom is -0.494 e. The van der Waals surface area contributed by atoms with Gasteiger partial charge < -0.3 is 42.4 Å². The van der Waals surface area contributed by atoms with E-state index in [1.165, 1.54) is 44.9 Å². The number of aromatic amines is 2. The Morgan fingerprint density at radius 3 is 0.825 bits per heavy atom. The summed E-state index contributed by atoms with van der Waals surface area (Å²) in [6.45, 7) is 7.52. The molecule has 7 aromatic rings.